The Kier molecular flexibility index (Phi) is 8.08. The zero-order valence-corrected chi connectivity index (χ0v) is 24.0. The van der Waals surface area contributed by atoms with Crippen molar-refractivity contribution in [3.63, 3.8) is 0 Å². The fourth-order valence-corrected chi connectivity index (χ4v) is 6.47. The summed E-state index contributed by atoms with van der Waals surface area (Å²) in [6, 6.07) is 30.2. The molecule has 2 amide bonds. The largest absolute Gasteiger partial charge is 0.324 e. The summed E-state index contributed by atoms with van der Waals surface area (Å²) in [5.41, 5.74) is 6.33. The van der Waals surface area contributed by atoms with E-state index in [1.165, 1.54) is 40.5 Å². The van der Waals surface area contributed by atoms with Crippen LogP contribution in [0.3, 0.4) is 0 Å². The van der Waals surface area contributed by atoms with Gasteiger partial charge in [-0.05, 0) is 115 Å². The number of likely N-dealkylation sites (tertiary alicyclic amines) is 2. The Hall–Kier alpha value is -3.34. The van der Waals surface area contributed by atoms with E-state index in [4.69, 9.17) is 11.6 Å². The highest BCUT2D eigenvalue weighted by Gasteiger charge is 2.24. The average Bonchev–Trinajstić information content (AvgIpc) is 2.98. The molecule has 0 radical (unpaired) electrons. The minimum absolute atomic E-state index is 0.0143. The van der Waals surface area contributed by atoms with E-state index in [0.29, 0.717) is 11.8 Å². The summed E-state index contributed by atoms with van der Waals surface area (Å²) in [7, 11) is 0. The first-order valence-corrected chi connectivity index (χ1v) is 15.0. The van der Waals surface area contributed by atoms with Gasteiger partial charge in [0.05, 0.1) is 0 Å². The Bertz CT molecular complexity index is 1450. The molecule has 5 heteroatoms. The lowest BCUT2D eigenvalue weighted by Gasteiger charge is -2.32. The lowest BCUT2D eigenvalue weighted by Crippen LogP contribution is -2.40. The molecular weight excluding hydrogens is 514 g/mol. The number of halogens is 1. The summed E-state index contributed by atoms with van der Waals surface area (Å²) in [6.45, 7) is 6.94. The Labute approximate surface area is 242 Å². The predicted molar refractivity (Wildman–Crippen MR) is 166 cm³/mol. The molecular formula is C35H38ClN3O. The number of urea groups is 1. The second-order valence-corrected chi connectivity index (χ2v) is 12.0. The molecule has 6 rings (SSSR count). The van der Waals surface area contributed by atoms with E-state index in [1.54, 1.807) is 0 Å². The van der Waals surface area contributed by atoms with E-state index in [9.17, 15) is 4.79 Å². The Balaban J connectivity index is 1.01. The van der Waals surface area contributed by atoms with Gasteiger partial charge in [-0.2, -0.15) is 0 Å². The van der Waals surface area contributed by atoms with Crippen LogP contribution in [0.2, 0.25) is 5.02 Å². The quantitative estimate of drug-likeness (QED) is 0.269. The smallest absolute Gasteiger partial charge is 0.321 e. The van der Waals surface area contributed by atoms with Gasteiger partial charge in [-0.25, -0.2) is 4.79 Å². The average molecular weight is 552 g/mol. The van der Waals surface area contributed by atoms with Crippen LogP contribution >= 0.6 is 11.6 Å². The first-order chi connectivity index (χ1) is 19.5. The van der Waals surface area contributed by atoms with Crippen molar-refractivity contribution in [1.82, 2.24) is 9.80 Å². The molecule has 2 saturated heterocycles. The highest BCUT2D eigenvalue weighted by molar-refractivity contribution is 6.30. The fraction of sp³-hybridized carbons (Fsp3) is 0.343. The molecule has 2 fully saturated rings. The topological polar surface area (TPSA) is 35.6 Å². The lowest BCUT2D eigenvalue weighted by atomic mass is 9.89. The standard InChI is InChI=1S/C35H38ClN3O/c1-25-2-5-27(6-3-25)29-14-18-38(19-15-29)24-26-4-7-32-23-34(13-10-31(32)22-26)37-35(40)39-20-16-30(17-21-39)28-8-11-33(36)12-9-28/h2-13,22-23,29-30H,14-21,24H2,1H3,(H,37,40). The number of rotatable bonds is 5. The third-order valence-electron chi connectivity index (χ3n) is 8.82. The van der Waals surface area contributed by atoms with Crippen molar-refractivity contribution in [2.24, 2.45) is 0 Å². The maximum absolute atomic E-state index is 13.0. The molecule has 0 saturated carbocycles. The molecule has 0 atom stereocenters. The predicted octanol–water partition coefficient (Wildman–Crippen LogP) is 8.59. The monoisotopic (exact) mass is 551 g/mol. The number of carbonyl (C=O) groups is 1. The van der Waals surface area contributed by atoms with E-state index in [1.807, 2.05) is 23.1 Å². The fourth-order valence-electron chi connectivity index (χ4n) is 6.35. The van der Waals surface area contributed by atoms with Gasteiger partial charge in [0.25, 0.3) is 0 Å². The Morgan fingerprint density at radius 3 is 2.00 bits per heavy atom. The number of carbonyl (C=O) groups excluding carboxylic acids is 1. The van der Waals surface area contributed by atoms with Gasteiger partial charge in [0.1, 0.15) is 0 Å². The molecule has 0 bridgehead atoms. The SMILES string of the molecule is Cc1ccc(C2CCN(Cc3ccc4cc(NC(=O)N5CCC(c6ccc(Cl)cc6)CC5)ccc4c3)CC2)cc1. The van der Waals surface area contributed by atoms with Crippen molar-refractivity contribution < 1.29 is 4.79 Å². The van der Waals surface area contributed by atoms with Crippen LogP contribution in [0.25, 0.3) is 10.8 Å². The highest BCUT2D eigenvalue weighted by Crippen LogP contribution is 2.31. The third kappa shape index (κ3) is 6.35. The molecule has 2 aliphatic rings. The van der Waals surface area contributed by atoms with E-state index in [2.05, 4.69) is 83.9 Å². The number of aryl methyl sites for hydroxylation is 1. The van der Waals surface area contributed by atoms with E-state index >= 15 is 0 Å². The number of benzene rings is 4. The Morgan fingerprint density at radius 2 is 1.32 bits per heavy atom. The number of hydrogen-bond donors (Lipinski definition) is 1. The number of hydrogen-bond acceptors (Lipinski definition) is 2. The van der Waals surface area contributed by atoms with Crippen LogP contribution in [-0.2, 0) is 6.54 Å². The number of anilines is 1. The minimum Gasteiger partial charge on any atom is -0.324 e. The van der Waals surface area contributed by atoms with Crippen molar-refractivity contribution in [2.75, 3.05) is 31.5 Å². The van der Waals surface area contributed by atoms with Crippen molar-refractivity contribution in [3.8, 4) is 0 Å². The molecule has 2 heterocycles. The summed E-state index contributed by atoms with van der Waals surface area (Å²) >= 11 is 6.04. The van der Waals surface area contributed by atoms with Gasteiger partial charge < -0.3 is 10.2 Å². The zero-order chi connectivity index (χ0) is 27.5. The van der Waals surface area contributed by atoms with Crippen LogP contribution in [-0.4, -0.2) is 42.0 Å². The van der Waals surface area contributed by atoms with Gasteiger partial charge in [-0.15, -0.1) is 0 Å². The molecule has 0 spiro atoms. The molecule has 1 N–H and O–H groups in total. The summed E-state index contributed by atoms with van der Waals surface area (Å²) in [6.07, 6.45) is 4.38. The second kappa shape index (κ2) is 12.0. The van der Waals surface area contributed by atoms with Gasteiger partial charge in [-0.1, -0.05) is 71.8 Å². The summed E-state index contributed by atoms with van der Waals surface area (Å²) in [5, 5.41) is 6.26. The van der Waals surface area contributed by atoms with Crippen LogP contribution in [0.4, 0.5) is 10.5 Å². The molecule has 4 aromatic rings. The minimum atomic E-state index is -0.0143. The van der Waals surface area contributed by atoms with Crippen LogP contribution in [0.5, 0.6) is 0 Å². The van der Waals surface area contributed by atoms with Crippen molar-refractivity contribution >= 4 is 34.1 Å². The molecule has 4 aromatic carbocycles. The molecule has 0 aliphatic carbocycles. The molecule has 4 nitrogen and oxygen atoms in total. The number of nitrogens with zero attached hydrogens (tertiary/aromatic N) is 2. The molecule has 40 heavy (non-hydrogen) atoms. The van der Waals surface area contributed by atoms with Gasteiger partial charge in [-0.3, -0.25) is 4.90 Å². The third-order valence-corrected chi connectivity index (χ3v) is 9.07. The summed E-state index contributed by atoms with van der Waals surface area (Å²) in [5.74, 6) is 1.16. The maximum atomic E-state index is 13.0. The summed E-state index contributed by atoms with van der Waals surface area (Å²) < 4.78 is 0. The van der Waals surface area contributed by atoms with Gasteiger partial charge in [0.2, 0.25) is 0 Å². The van der Waals surface area contributed by atoms with Crippen molar-refractivity contribution in [3.05, 3.63) is 112 Å². The van der Waals surface area contributed by atoms with Crippen molar-refractivity contribution in [2.45, 2.75) is 51.0 Å². The first-order valence-electron chi connectivity index (χ1n) is 14.6. The number of piperidine rings is 2. The Morgan fingerprint density at radius 1 is 0.750 bits per heavy atom. The molecule has 0 unspecified atom stereocenters. The number of fused-ring (bicyclic) bond motifs is 1. The van der Waals surface area contributed by atoms with E-state index in [0.717, 1.165) is 61.7 Å². The number of nitrogens with one attached hydrogen (secondary N) is 1. The number of amides is 2. The molecule has 2 aliphatic heterocycles. The molecule has 206 valence electrons. The maximum Gasteiger partial charge on any atom is 0.321 e. The normalized spacial score (nSPS) is 17.3. The lowest BCUT2D eigenvalue weighted by molar-refractivity contribution is 0.194. The van der Waals surface area contributed by atoms with Crippen molar-refractivity contribution in [1.29, 1.82) is 0 Å². The highest BCUT2D eigenvalue weighted by atomic mass is 35.5. The van der Waals surface area contributed by atoms with Crippen LogP contribution in [0, 0.1) is 6.92 Å². The first kappa shape index (κ1) is 26.9. The zero-order valence-electron chi connectivity index (χ0n) is 23.3. The van der Waals surface area contributed by atoms with Gasteiger partial charge in [0, 0.05) is 30.3 Å². The van der Waals surface area contributed by atoms with Crippen LogP contribution in [0.15, 0.2) is 84.9 Å². The van der Waals surface area contributed by atoms with Crippen LogP contribution in [0.1, 0.15) is 59.8 Å². The van der Waals surface area contributed by atoms with Crippen LogP contribution < -0.4 is 5.32 Å². The molecule has 0 aromatic heterocycles. The van der Waals surface area contributed by atoms with Gasteiger partial charge in [0.15, 0.2) is 0 Å². The van der Waals surface area contributed by atoms with E-state index in [-0.39, 0.29) is 6.03 Å². The van der Waals surface area contributed by atoms with Gasteiger partial charge >= 0.3 is 6.03 Å². The second-order valence-electron chi connectivity index (χ2n) is 11.6. The summed E-state index contributed by atoms with van der Waals surface area (Å²) in [4.78, 5) is 17.5. The van der Waals surface area contributed by atoms with E-state index < -0.39 is 0 Å².